The highest BCUT2D eigenvalue weighted by molar-refractivity contribution is 9.10. The van der Waals surface area contributed by atoms with Crippen LogP contribution in [0.4, 0.5) is 0 Å². The Morgan fingerprint density at radius 2 is 2.04 bits per heavy atom. The standard InChI is InChI=1S/C18H19BrN2O4/c1-3-25-16-9-13(8-15(19)18(16)23)11-20-21-17(22)10-12-4-6-14(24-2)7-5-12/h4-9,11,23H,3,10H2,1-2H3,(H,21,22)/b20-11+. The molecule has 2 rings (SSSR count). The second-order valence-corrected chi connectivity index (χ2v) is 5.95. The molecule has 2 aromatic carbocycles. The van der Waals surface area contributed by atoms with Crippen LogP contribution < -0.4 is 14.9 Å². The zero-order valence-corrected chi connectivity index (χ0v) is 15.5. The van der Waals surface area contributed by atoms with Gasteiger partial charge < -0.3 is 14.6 Å². The average molecular weight is 407 g/mol. The van der Waals surface area contributed by atoms with E-state index in [1.807, 2.05) is 19.1 Å². The average Bonchev–Trinajstić information content (AvgIpc) is 2.60. The smallest absolute Gasteiger partial charge is 0.244 e. The Labute approximate surface area is 154 Å². The molecule has 0 aliphatic heterocycles. The van der Waals surface area contributed by atoms with Crippen molar-refractivity contribution >= 4 is 28.1 Å². The summed E-state index contributed by atoms with van der Waals surface area (Å²) in [5, 5.41) is 13.8. The van der Waals surface area contributed by atoms with Crippen molar-refractivity contribution in [3.63, 3.8) is 0 Å². The predicted molar refractivity (Wildman–Crippen MR) is 99.4 cm³/mol. The van der Waals surface area contributed by atoms with Crippen LogP contribution in [0.25, 0.3) is 0 Å². The summed E-state index contributed by atoms with van der Waals surface area (Å²) in [6.07, 6.45) is 1.70. The summed E-state index contributed by atoms with van der Waals surface area (Å²) in [5.74, 6) is 0.889. The van der Waals surface area contributed by atoms with Crippen LogP contribution in [-0.2, 0) is 11.2 Å². The first kappa shape index (κ1) is 18.8. The molecule has 7 heteroatoms. The van der Waals surface area contributed by atoms with E-state index in [1.54, 1.807) is 31.4 Å². The van der Waals surface area contributed by atoms with Crippen molar-refractivity contribution < 1.29 is 19.4 Å². The summed E-state index contributed by atoms with van der Waals surface area (Å²) >= 11 is 3.25. The van der Waals surface area contributed by atoms with Crippen molar-refractivity contribution in [2.75, 3.05) is 13.7 Å². The van der Waals surface area contributed by atoms with Crippen LogP contribution in [0.3, 0.4) is 0 Å². The number of carbonyl (C=O) groups excluding carboxylic acids is 1. The second-order valence-electron chi connectivity index (χ2n) is 5.10. The van der Waals surface area contributed by atoms with Gasteiger partial charge >= 0.3 is 0 Å². The molecule has 0 heterocycles. The number of phenolic OH excluding ortho intramolecular Hbond substituents is 1. The molecule has 25 heavy (non-hydrogen) atoms. The SMILES string of the molecule is CCOc1cc(/C=N/NC(=O)Cc2ccc(OC)cc2)cc(Br)c1O. The molecule has 1 amide bonds. The van der Waals surface area contributed by atoms with Gasteiger partial charge in [-0.3, -0.25) is 4.79 Å². The predicted octanol–water partition coefficient (Wildman–Crippen LogP) is 3.25. The minimum Gasteiger partial charge on any atom is -0.503 e. The van der Waals surface area contributed by atoms with E-state index in [4.69, 9.17) is 9.47 Å². The van der Waals surface area contributed by atoms with Crippen LogP contribution in [0.5, 0.6) is 17.2 Å². The Hall–Kier alpha value is -2.54. The Morgan fingerprint density at radius 1 is 1.32 bits per heavy atom. The van der Waals surface area contributed by atoms with Gasteiger partial charge in [0.15, 0.2) is 11.5 Å². The highest BCUT2D eigenvalue weighted by Crippen LogP contribution is 2.35. The summed E-state index contributed by atoms with van der Waals surface area (Å²) < 4.78 is 10.9. The summed E-state index contributed by atoms with van der Waals surface area (Å²) in [6, 6.07) is 10.6. The molecule has 0 bridgehead atoms. The number of amides is 1. The van der Waals surface area contributed by atoms with Crippen molar-refractivity contribution in [1.82, 2.24) is 5.43 Å². The maximum atomic E-state index is 11.9. The van der Waals surface area contributed by atoms with Gasteiger partial charge in [-0.25, -0.2) is 5.43 Å². The van der Waals surface area contributed by atoms with Gasteiger partial charge in [0.1, 0.15) is 5.75 Å². The zero-order chi connectivity index (χ0) is 18.2. The number of nitrogens with one attached hydrogen (secondary N) is 1. The highest BCUT2D eigenvalue weighted by atomic mass is 79.9. The van der Waals surface area contributed by atoms with Crippen molar-refractivity contribution in [1.29, 1.82) is 0 Å². The van der Waals surface area contributed by atoms with Gasteiger partial charge in [-0.05, 0) is 58.2 Å². The minimum absolute atomic E-state index is 0.0301. The van der Waals surface area contributed by atoms with Gasteiger partial charge in [0.2, 0.25) is 5.91 Å². The lowest BCUT2D eigenvalue weighted by atomic mass is 10.1. The third kappa shape index (κ3) is 5.49. The van der Waals surface area contributed by atoms with E-state index in [1.165, 1.54) is 6.21 Å². The number of hydrazone groups is 1. The summed E-state index contributed by atoms with van der Waals surface area (Å²) in [7, 11) is 1.59. The highest BCUT2D eigenvalue weighted by Gasteiger charge is 2.08. The molecule has 0 aliphatic rings. The second kappa shape index (κ2) is 9.08. The lowest BCUT2D eigenvalue weighted by Gasteiger charge is -2.08. The number of aromatic hydroxyl groups is 1. The van der Waals surface area contributed by atoms with Crippen LogP contribution in [0.2, 0.25) is 0 Å². The molecule has 6 nitrogen and oxygen atoms in total. The molecule has 0 aliphatic carbocycles. The van der Waals surface area contributed by atoms with Gasteiger partial charge in [-0.2, -0.15) is 5.10 Å². The molecule has 0 aromatic heterocycles. The van der Waals surface area contributed by atoms with Crippen molar-refractivity contribution in [3.05, 3.63) is 52.0 Å². The topological polar surface area (TPSA) is 80.2 Å². The minimum atomic E-state index is -0.232. The summed E-state index contributed by atoms with van der Waals surface area (Å²) in [4.78, 5) is 11.9. The van der Waals surface area contributed by atoms with Crippen molar-refractivity contribution in [2.24, 2.45) is 5.10 Å². The van der Waals surface area contributed by atoms with E-state index in [0.717, 1.165) is 11.3 Å². The molecule has 2 N–H and O–H groups in total. The van der Waals surface area contributed by atoms with Crippen LogP contribution in [0, 0.1) is 0 Å². The third-order valence-corrected chi connectivity index (χ3v) is 3.88. The molecule has 0 atom stereocenters. The monoisotopic (exact) mass is 406 g/mol. The van der Waals surface area contributed by atoms with E-state index in [-0.39, 0.29) is 18.1 Å². The molecule has 0 saturated heterocycles. The zero-order valence-electron chi connectivity index (χ0n) is 14.0. The molecule has 0 unspecified atom stereocenters. The lowest BCUT2D eigenvalue weighted by Crippen LogP contribution is -2.19. The summed E-state index contributed by atoms with van der Waals surface area (Å²) in [6.45, 7) is 2.26. The van der Waals surface area contributed by atoms with Gasteiger partial charge in [-0.1, -0.05) is 12.1 Å². The molecule has 0 radical (unpaired) electrons. The number of halogens is 1. The van der Waals surface area contributed by atoms with Gasteiger partial charge in [0.05, 0.1) is 30.8 Å². The van der Waals surface area contributed by atoms with E-state index >= 15 is 0 Å². The molecule has 132 valence electrons. The normalized spacial score (nSPS) is 10.7. The number of hydrogen-bond donors (Lipinski definition) is 2. The number of ether oxygens (including phenoxy) is 2. The van der Waals surface area contributed by atoms with Gasteiger partial charge in [0.25, 0.3) is 0 Å². The molecule has 0 fully saturated rings. The fourth-order valence-corrected chi connectivity index (χ4v) is 2.54. The number of hydrogen-bond acceptors (Lipinski definition) is 5. The van der Waals surface area contributed by atoms with Crippen LogP contribution in [0.1, 0.15) is 18.1 Å². The first-order chi connectivity index (χ1) is 12.0. The number of carbonyl (C=O) groups is 1. The molecule has 0 spiro atoms. The largest absolute Gasteiger partial charge is 0.503 e. The first-order valence-electron chi connectivity index (χ1n) is 7.63. The lowest BCUT2D eigenvalue weighted by molar-refractivity contribution is -0.120. The van der Waals surface area contributed by atoms with Crippen LogP contribution in [0.15, 0.2) is 46.0 Å². The van der Waals surface area contributed by atoms with Gasteiger partial charge in [0, 0.05) is 0 Å². The molecular weight excluding hydrogens is 388 g/mol. The molecular formula is C18H19BrN2O4. The van der Waals surface area contributed by atoms with Crippen molar-refractivity contribution in [2.45, 2.75) is 13.3 Å². The van der Waals surface area contributed by atoms with Crippen LogP contribution in [-0.4, -0.2) is 30.9 Å². The van der Waals surface area contributed by atoms with E-state index in [2.05, 4.69) is 26.5 Å². The quantitative estimate of drug-likeness (QED) is 0.546. The number of phenols is 1. The van der Waals surface area contributed by atoms with E-state index in [9.17, 15) is 9.90 Å². The Kier molecular flexibility index (Phi) is 6.82. The maximum absolute atomic E-state index is 11.9. The number of nitrogens with zero attached hydrogens (tertiary/aromatic N) is 1. The number of methoxy groups -OCH3 is 1. The maximum Gasteiger partial charge on any atom is 0.244 e. The fraction of sp³-hybridized carbons (Fsp3) is 0.222. The Balaban J connectivity index is 1.96. The van der Waals surface area contributed by atoms with E-state index in [0.29, 0.717) is 22.4 Å². The number of rotatable bonds is 7. The van der Waals surface area contributed by atoms with Crippen LogP contribution >= 0.6 is 15.9 Å². The Morgan fingerprint density at radius 3 is 2.68 bits per heavy atom. The third-order valence-electron chi connectivity index (χ3n) is 3.28. The molecule has 0 saturated carbocycles. The first-order valence-corrected chi connectivity index (χ1v) is 8.43. The number of benzene rings is 2. The molecule has 2 aromatic rings. The Bertz CT molecular complexity index is 760. The van der Waals surface area contributed by atoms with Crippen molar-refractivity contribution in [3.8, 4) is 17.2 Å². The van der Waals surface area contributed by atoms with E-state index < -0.39 is 0 Å². The summed E-state index contributed by atoms with van der Waals surface area (Å²) in [5.41, 5.74) is 4.01. The van der Waals surface area contributed by atoms with Gasteiger partial charge in [-0.15, -0.1) is 0 Å². The fourth-order valence-electron chi connectivity index (χ4n) is 2.08.